The third kappa shape index (κ3) is 4.75. The topological polar surface area (TPSA) is 68.2 Å². The number of imidazole rings is 1. The number of anilines is 2. The van der Waals surface area contributed by atoms with Gasteiger partial charge in [-0.15, -0.1) is 0 Å². The number of amides is 1. The van der Waals surface area contributed by atoms with E-state index in [2.05, 4.69) is 15.6 Å². The van der Waals surface area contributed by atoms with Gasteiger partial charge >= 0.3 is 174 Å². The quantitative estimate of drug-likeness (QED) is 0.433. The van der Waals surface area contributed by atoms with Crippen LogP contribution in [-0.2, 0) is 0 Å². The zero-order chi connectivity index (χ0) is 21.8. The molecular formula is C23H20BN4O2S. The van der Waals surface area contributed by atoms with Crippen LogP contribution in [0.15, 0.2) is 73.3 Å². The maximum absolute atomic E-state index is 12.6. The van der Waals surface area contributed by atoms with Gasteiger partial charge in [0, 0.05) is 6.20 Å². The zero-order valence-electron chi connectivity index (χ0n) is 17.1. The fourth-order valence-electron chi connectivity index (χ4n) is 3.04. The van der Waals surface area contributed by atoms with Crippen molar-refractivity contribution in [3.05, 3.63) is 88.6 Å². The van der Waals surface area contributed by atoms with E-state index in [9.17, 15) is 4.79 Å². The third-order valence-corrected chi connectivity index (χ3v) is 5.84. The number of aryl methyl sites for hydroxylation is 1. The van der Waals surface area contributed by atoms with E-state index < -0.39 is 0 Å². The molecule has 2 aromatic heterocycles. The molecule has 4 rings (SSSR count). The van der Waals surface area contributed by atoms with Crippen LogP contribution in [0.2, 0.25) is 0 Å². The molecule has 0 saturated carbocycles. The molecule has 0 aliphatic heterocycles. The Bertz CT molecular complexity index is 1220. The fraction of sp³-hybridized carbons (Fsp3) is 0.0870. The average molecular weight is 427 g/mol. The first-order valence-electron chi connectivity index (χ1n) is 9.57. The molecule has 0 spiro atoms. The molecule has 2 N–H and O–H groups in total. The predicted octanol–water partition coefficient (Wildman–Crippen LogP) is 4.26. The number of hydrogen-bond donors (Lipinski definition) is 2. The molecule has 0 saturated heterocycles. The molecule has 0 fully saturated rings. The first kappa shape index (κ1) is 20.6. The fourth-order valence-corrected chi connectivity index (χ4v) is 3.85. The van der Waals surface area contributed by atoms with Crippen LogP contribution >= 0.6 is 11.3 Å². The molecule has 153 valence electrons. The van der Waals surface area contributed by atoms with E-state index in [-0.39, 0.29) is 5.91 Å². The molecule has 2 heterocycles. The van der Waals surface area contributed by atoms with Gasteiger partial charge in [-0.1, -0.05) is 0 Å². The van der Waals surface area contributed by atoms with E-state index in [1.54, 1.807) is 25.7 Å². The molecule has 0 aliphatic rings. The molecule has 0 bridgehead atoms. The van der Waals surface area contributed by atoms with Crippen molar-refractivity contribution in [1.82, 2.24) is 9.55 Å². The van der Waals surface area contributed by atoms with E-state index in [1.807, 2.05) is 66.2 Å². The standard InChI is InChI=1S/C23H20BN4O2S/c1-15-13-18(30-2)7-8-19(15)27-22(24)20-9-10-21(31-20)23(29)26-16-3-5-17(6-4-16)28-12-11-25-14-28/h3-14,27H,1-2H3,(H,26,29). The van der Waals surface area contributed by atoms with Gasteiger partial charge in [0.2, 0.25) is 0 Å². The molecule has 31 heavy (non-hydrogen) atoms. The minimum absolute atomic E-state index is 0.181. The molecule has 1 amide bonds. The van der Waals surface area contributed by atoms with Crippen molar-refractivity contribution in [2.45, 2.75) is 6.92 Å². The monoisotopic (exact) mass is 427 g/mol. The van der Waals surface area contributed by atoms with Crippen LogP contribution in [0.3, 0.4) is 0 Å². The van der Waals surface area contributed by atoms with Crippen molar-refractivity contribution in [2.24, 2.45) is 0 Å². The number of ether oxygens (including phenoxy) is 1. The Morgan fingerprint density at radius 1 is 1.06 bits per heavy atom. The number of nitrogens with zero attached hydrogens (tertiary/aromatic N) is 2. The van der Waals surface area contributed by atoms with Crippen molar-refractivity contribution in [2.75, 3.05) is 17.7 Å². The summed E-state index contributed by atoms with van der Waals surface area (Å²) in [6.45, 7) is 1.98. The van der Waals surface area contributed by atoms with Gasteiger partial charge in [0.05, 0.1) is 0 Å². The second-order valence-corrected chi connectivity index (χ2v) is 7.94. The Balaban J connectivity index is 1.41. The van der Waals surface area contributed by atoms with Gasteiger partial charge < -0.3 is 0 Å². The van der Waals surface area contributed by atoms with Gasteiger partial charge in [0.25, 0.3) is 0 Å². The van der Waals surface area contributed by atoms with Crippen LogP contribution in [0.4, 0.5) is 11.4 Å². The predicted molar refractivity (Wildman–Crippen MR) is 127 cm³/mol. The van der Waals surface area contributed by atoms with Gasteiger partial charge in [0.1, 0.15) is 0 Å². The number of methoxy groups -OCH3 is 1. The molecule has 2 aromatic carbocycles. The van der Waals surface area contributed by atoms with E-state index >= 15 is 0 Å². The minimum atomic E-state index is -0.181. The van der Waals surface area contributed by atoms with Crippen molar-refractivity contribution >= 4 is 41.7 Å². The number of aromatic nitrogens is 2. The number of rotatable bonds is 7. The number of carbonyl (C=O) groups is 1. The van der Waals surface area contributed by atoms with Crippen LogP contribution in [0, 0.1) is 6.92 Å². The van der Waals surface area contributed by atoms with Gasteiger partial charge in [0.15, 0.2) is 0 Å². The van der Waals surface area contributed by atoms with Crippen LogP contribution in [0.1, 0.15) is 20.1 Å². The Kier molecular flexibility index (Phi) is 6.00. The van der Waals surface area contributed by atoms with Gasteiger partial charge in [-0.2, -0.15) is 0 Å². The summed E-state index contributed by atoms with van der Waals surface area (Å²) in [5.74, 6) is 0.606. The Morgan fingerprint density at radius 2 is 1.84 bits per heavy atom. The van der Waals surface area contributed by atoms with E-state index in [0.717, 1.165) is 27.6 Å². The normalized spacial score (nSPS) is 10.5. The molecule has 6 nitrogen and oxygen atoms in total. The molecular weight excluding hydrogens is 407 g/mol. The third-order valence-electron chi connectivity index (χ3n) is 4.73. The summed E-state index contributed by atoms with van der Waals surface area (Å²) in [5, 5.41) is 6.13. The number of hydrogen-bond acceptors (Lipinski definition) is 5. The van der Waals surface area contributed by atoms with Gasteiger partial charge in [-0.25, -0.2) is 4.98 Å². The first-order chi connectivity index (χ1) is 15.0. The summed E-state index contributed by atoms with van der Waals surface area (Å²) < 4.78 is 7.13. The molecule has 0 atom stereocenters. The maximum atomic E-state index is 12.6. The van der Waals surface area contributed by atoms with Crippen molar-refractivity contribution in [3.8, 4) is 11.4 Å². The Morgan fingerprint density at radius 3 is 2.52 bits per heavy atom. The molecule has 8 heteroatoms. The summed E-state index contributed by atoms with van der Waals surface area (Å²) >= 11 is 1.33. The summed E-state index contributed by atoms with van der Waals surface area (Å²) in [5.41, 5.74) is 4.07. The van der Waals surface area contributed by atoms with Crippen LogP contribution in [-0.4, -0.2) is 35.6 Å². The molecule has 0 unspecified atom stereocenters. The molecule has 0 aliphatic carbocycles. The number of nitrogens with one attached hydrogen (secondary N) is 2. The van der Waals surface area contributed by atoms with Crippen molar-refractivity contribution in [1.29, 1.82) is 0 Å². The van der Waals surface area contributed by atoms with Crippen molar-refractivity contribution in [3.63, 3.8) is 0 Å². The number of thiophene rings is 1. The summed E-state index contributed by atoms with van der Waals surface area (Å²) in [4.78, 5) is 18.0. The summed E-state index contributed by atoms with van der Waals surface area (Å²) in [6, 6.07) is 16.9. The summed E-state index contributed by atoms with van der Waals surface area (Å²) in [7, 11) is 7.87. The number of carbonyl (C=O) groups excluding carboxylic acids is 1. The zero-order valence-corrected chi connectivity index (χ0v) is 17.9. The van der Waals surface area contributed by atoms with E-state index in [4.69, 9.17) is 12.2 Å². The molecule has 1 radical (unpaired) electrons. The average Bonchev–Trinajstić information content (AvgIpc) is 3.48. The van der Waals surface area contributed by atoms with Gasteiger partial charge in [-0.05, 0) is 0 Å². The number of benzene rings is 2. The van der Waals surface area contributed by atoms with Crippen LogP contribution in [0.25, 0.3) is 5.69 Å². The van der Waals surface area contributed by atoms with Gasteiger partial charge in [-0.3, -0.25) is 0 Å². The Hall–Kier alpha value is -3.65. The second-order valence-electron chi connectivity index (χ2n) is 6.85. The first-order valence-corrected chi connectivity index (χ1v) is 10.4. The van der Waals surface area contributed by atoms with Crippen LogP contribution < -0.4 is 15.4 Å². The van der Waals surface area contributed by atoms with Crippen LogP contribution in [0.5, 0.6) is 5.75 Å². The second kappa shape index (κ2) is 9.01. The SMILES string of the molecule is [B]=C(Nc1ccc(OC)cc1C)c1ccc(C(=O)Nc2ccc(-n3ccnc3)cc2)s1. The Labute approximate surface area is 185 Å². The van der Waals surface area contributed by atoms with E-state index in [0.29, 0.717) is 16.2 Å². The molecule has 4 aromatic rings. The summed E-state index contributed by atoms with van der Waals surface area (Å²) in [6.07, 6.45) is 5.31. The van der Waals surface area contributed by atoms with Crippen molar-refractivity contribution < 1.29 is 9.53 Å². The van der Waals surface area contributed by atoms with E-state index in [1.165, 1.54) is 11.3 Å².